The average Bonchev–Trinajstić information content (AvgIpc) is 2.07. The Balaban J connectivity index is 2.32. The van der Waals surface area contributed by atoms with Gasteiger partial charge in [-0.05, 0) is 12.8 Å². The van der Waals surface area contributed by atoms with Gasteiger partial charge in [0.05, 0.1) is 5.75 Å². The van der Waals surface area contributed by atoms with Gasteiger partial charge < -0.3 is 4.79 Å². The second-order valence-electron chi connectivity index (χ2n) is 2.97. The van der Waals surface area contributed by atoms with Crippen molar-refractivity contribution in [3.63, 3.8) is 0 Å². The maximum Gasteiger partial charge on any atom is 0.132 e. The van der Waals surface area contributed by atoms with Crippen LogP contribution in [-0.2, 0) is 15.6 Å². The predicted octanol–water partition coefficient (Wildman–Crippen LogP) is 1.27. The van der Waals surface area contributed by atoms with Gasteiger partial charge in [-0.2, -0.15) is 0 Å². The second kappa shape index (κ2) is 4.65. The highest BCUT2D eigenvalue weighted by Crippen LogP contribution is 2.21. The zero-order valence-corrected chi connectivity index (χ0v) is 7.44. The van der Waals surface area contributed by atoms with Crippen molar-refractivity contribution in [3.05, 3.63) is 0 Å². The third-order valence-electron chi connectivity index (χ3n) is 2.16. The SMILES string of the molecule is O=CCS(=O)C1CCCCC1. The van der Waals surface area contributed by atoms with E-state index in [2.05, 4.69) is 0 Å². The van der Waals surface area contributed by atoms with E-state index < -0.39 is 10.8 Å². The molecule has 0 amide bonds. The third kappa shape index (κ3) is 2.73. The minimum atomic E-state index is -0.875. The van der Waals surface area contributed by atoms with Crippen molar-refractivity contribution in [1.82, 2.24) is 0 Å². The molecule has 0 spiro atoms. The van der Waals surface area contributed by atoms with E-state index in [4.69, 9.17) is 0 Å². The Morgan fingerprint density at radius 3 is 2.45 bits per heavy atom. The fraction of sp³-hybridized carbons (Fsp3) is 0.875. The van der Waals surface area contributed by atoms with Gasteiger partial charge in [0.1, 0.15) is 6.29 Å². The van der Waals surface area contributed by atoms with Crippen LogP contribution in [0.2, 0.25) is 0 Å². The summed E-state index contributed by atoms with van der Waals surface area (Å²) in [7, 11) is -0.875. The van der Waals surface area contributed by atoms with Crippen LogP contribution in [0.15, 0.2) is 0 Å². The minimum absolute atomic E-state index is 0.241. The van der Waals surface area contributed by atoms with E-state index in [-0.39, 0.29) is 5.75 Å². The van der Waals surface area contributed by atoms with E-state index in [0.717, 1.165) is 19.1 Å². The van der Waals surface area contributed by atoms with Crippen LogP contribution in [0, 0.1) is 0 Å². The summed E-state index contributed by atoms with van der Waals surface area (Å²) in [6.45, 7) is 0. The summed E-state index contributed by atoms with van der Waals surface area (Å²) in [6, 6.07) is 0. The molecule has 1 rings (SSSR count). The number of aldehydes is 1. The summed E-state index contributed by atoms with van der Waals surface area (Å²) >= 11 is 0. The molecule has 0 bridgehead atoms. The minimum Gasteiger partial charge on any atom is -0.302 e. The van der Waals surface area contributed by atoms with E-state index >= 15 is 0 Å². The van der Waals surface area contributed by atoms with Crippen LogP contribution >= 0.6 is 0 Å². The molecule has 0 aromatic carbocycles. The zero-order chi connectivity index (χ0) is 8.10. The molecule has 1 fully saturated rings. The van der Waals surface area contributed by atoms with Crippen LogP contribution in [0.3, 0.4) is 0 Å². The van der Waals surface area contributed by atoms with Crippen molar-refractivity contribution in [2.45, 2.75) is 37.4 Å². The molecule has 1 atom stereocenters. The molecule has 1 saturated carbocycles. The van der Waals surface area contributed by atoms with E-state index in [1.54, 1.807) is 0 Å². The van der Waals surface area contributed by atoms with Gasteiger partial charge in [0.2, 0.25) is 0 Å². The molecule has 1 aliphatic carbocycles. The van der Waals surface area contributed by atoms with Gasteiger partial charge >= 0.3 is 0 Å². The van der Waals surface area contributed by atoms with Crippen LogP contribution in [0.1, 0.15) is 32.1 Å². The zero-order valence-electron chi connectivity index (χ0n) is 6.62. The number of hydrogen-bond acceptors (Lipinski definition) is 2. The molecule has 0 heterocycles. The molecule has 2 nitrogen and oxygen atoms in total. The first-order valence-electron chi connectivity index (χ1n) is 4.15. The van der Waals surface area contributed by atoms with Crippen molar-refractivity contribution in [2.75, 3.05) is 5.75 Å². The van der Waals surface area contributed by atoms with Crippen LogP contribution in [0.25, 0.3) is 0 Å². The molecule has 0 aromatic rings. The highest BCUT2D eigenvalue weighted by Gasteiger charge is 2.18. The standard InChI is InChI=1S/C8H14O2S/c9-6-7-11(10)8-4-2-1-3-5-8/h6,8H,1-5,7H2. The quantitative estimate of drug-likeness (QED) is 0.604. The summed E-state index contributed by atoms with van der Waals surface area (Å²) in [4.78, 5) is 10.1. The molecular weight excluding hydrogens is 160 g/mol. The van der Waals surface area contributed by atoms with Crippen LogP contribution in [0.4, 0.5) is 0 Å². The molecule has 3 heteroatoms. The first kappa shape index (κ1) is 8.91. The van der Waals surface area contributed by atoms with E-state index in [1.165, 1.54) is 19.3 Å². The Morgan fingerprint density at radius 2 is 1.91 bits per heavy atom. The highest BCUT2D eigenvalue weighted by molar-refractivity contribution is 7.86. The molecule has 0 aliphatic heterocycles. The molecular formula is C8H14O2S. The van der Waals surface area contributed by atoms with Crippen LogP contribution in [0.5, 0.6) is 0 Å². The largest absolute Gasteiger partial charge is 0.302 e. The average molecular weight is 174 g/mol. The van der Waals surface area contributed by atoms with Crippen molar-refractivity contribution >= 4 is 17.1 Å². The van der Waals surface area contributed by atoms with Gasteiger partial charge in [0, 0.05) is 16.0 Å². The molecule has 0 radical (unpaired) electrons. The Labute approximate surface area is 69.8 Å². The molecule has 1 aliphatic rings. The Hall–Kier alpha value is -0.180. The maximum absolute atomic E-state index is 11.3. The van der Waals surface area contributed by atoms with Crippen LogP contribution in [-0.4, -0.2) is 21.5 Å². The normalized spacial score (nSPS) is 22.9. The van der Waals surface area contributed by atoms with Crippen molar-refractivity contribution in [2.24, 2.45) is 0 Å². The second-order valence-corrected chi connectivity index (χ2v) is 4.74. The summed E-state index contributed by atoms with van der Waals surface area (Å²) in [5.41, 5.74) is 0. The van der Waals surface area contributed by atoms with Crippen molar-refractivity contribution < 1.29 is 9.00 Å². The summed E-state index contributed by atoms with van der Waals surface area (Å²) < 4.78 is 11.3. The fourth-order valence-corrected chi connectivity index (χ4v) is 2.80. The van der Waals surface area contributed by atoms with E-state index in [1.807, 2.05) is 0 Å². The van der Waals surface area contributed by atoms with Gasteiger partial charge in [-0.1, -0.05) is 19.3 Å². The highest BCUT2D eigenvalue weighted by atomic mass is 32.2. The number of carbonyl (C=O) groups is 1. The smallest absolute Gasteiger partial charge is 0.132 e. The van der Waals surface area contributed by atoms with Crippen molar-refractivity contribution in [1.29, 1.82) is 0 Å². The predicted molar refractivity (Wildman–Crippen MR) is 45.9 cm³/mol. The van der Waals surface area contributed by atoms with Gasteiger partial charge in [-0.3, -0.25) is 4.21 Å². The van der Waals surface area contributed by atoms with Gasteiger partial charge in [0.15, 0.2) is 0 Å². The number of carbonyl (C=O) groups excluding carboxylic acids is 1. The summed E-state index contributed by atoms with van der Waals surface area (Å²) in [5, 5.41) is 0.314. The maximum atomic E-state index is 11.3. The fourth-order valence-electron chi connectivity index (χ4n) is 1.53. The van der Waals surface area contributed by atoms with E-state index in [9.17, 15) is 9.00 Å². The van der Waals surface area contributed by atoms with Crippen LogP contribution < -0.4 is 0 Å². The molecule has 0 aromatic heterocycles. The Morgan fingerprint density at radius 1 is 1.27 bits per heavy atom. The lowest BCUT2D eigenvalue weighted by Gasteiger charge is -2.19. The van der Waals surface area contributed by atoms with Gasteiger partial charge in [0.25, 0.3) is 0 Å². The summed E-state index contributed by atoms with van der Waals surface area (Å²) in [5.74, 6) is 0.241. The van der Waals surface area contributed by atoms with Gasteiger partial charge in [-0.15, -0.1) is 0 Å². The van der Waals surface area contributed by atoms with E-state index in [0.29, 0.717) is 5.25 Å². The molecule has 0 N–H and O–H groups in total. The van der Waals surface area contributed by atoms with Gasteiger partial charge in [-0.25, -0.2) is 0 Å². The number of hydrogen-bond donors (Lipinski definition) is 0. The lowest BCUT2D eigenvalue weighted by molar-refractivity contribution is -0.105. The number of rotatable bonds is 3. The lowest BCUT2D eigenvalue weighted by Crippen LogP contribution is -2.21. The first-order chi connectivity index (χ1) is 5.34. The van der Waals surface area contributed by atoms with Crippen molar-refractivity contribution in [3.8, 4) is 0 Å². The topological polar surface area (TPSA) is 34.1 Å². The third-order valence-corrected chi connectivity index (χ3v) is 3.84. The molecule has 0 saturated heterocycles. The molecule has 1 unspecified atom stereocenters. The molecule has 11 heavy (non-hydrogen) atoms. The first-order valence-corrected chi connectivity index (χ1v) is 5.53. The monoisotopic (exact) mass is 174 g/mol. The lowest BCUT2D eigenvalue weighted by atomic mass is 10.0. The summed E-state index contributed by atoms with van der Waals surface area (Å²) in [6.07, 6.45) is 6.53. The Bertz CT molecular complexity index is 150. The molecule has 64 valence electrons. The Kier molecular flexibility index (Phi) is 3.77.